The predicted molar refractivity (Wildman–Crippen MR) is 78.4 cm³/mol. The van der Waals surface area contributed by atoms with Gasteiger partial charge in [-0.3, -0.25) is 4.90 Å². The summed E-state index contributed by atoms with van der Waals surface area (Å²) in [5.41, 5.74) is 0. The molecule has 6 nitrogen and oxygen atoms in total. The number of rotatable bonds is 5. The average molecular weight is 292 g/mol. The Bertz CT molecular complexity index is 371. The number of piperazine rings is 1. The van der Waals surface area contributed by atoms with Crippen LogP contribution in [0.4, 0.5) is 0 Å². The maximum atomic E-state index is 12.2. The van der Waals surface area contributed by atoms with Crippen LogP contribution in [0.5, 0.6) is 0 Å². The summed E-state index contributed by atoms with van der Waals surface area (Å²) < 4.78 is 27.2. The lowest BCUT2D eigenvalue weighted by Crippen LogP contribution is -2.60. The van der Waals surface area contributed by atoms with Gasteiger partial charge in [-0.2, -0.15) is 17.0 Å². The van der Waals surface area contributed by atoms with Crippen LogP contribution in [0.15, 0.2) is 0 Å². The molecule has 0 spiro atoms. The summed E-state index contributed by atoms with van der Waals surface area (Å²) in [6.45, 7) is 7.31. The third kappa shape index (κ3) is 4.13. The van der Waals surface area contributed by atoms with Gasteiger partial charge in [0.15, 0.2) is 0 Å². The molecule has 1 saturated heterocycles. The van der Waals surface area contributed by atoms with Crippen molar-refractivity contribution in [3.63, 3.8) is 0 Å². The van der Waals surface area contributed by atoms with Crippen molar-refractivity contribution >= 4 is 10.2 Å². The fraction of sp³-hybridized carbons (Fsp3) is 1.00. The van der Waals surface area contributed by atoms with Crippen LogP contribution in [0.3, 0.4) is 0 Å². The van der Waals surface area contributed by atoms with Crippen LogP contribution in [-0.4, -0.2) is 93.3 Å². The highest BCUT2D eigenvalue weighted by molar-refractivity contribution is 7.86. The Labute approximate surface area is 118 Å². The number of hydrogen-bond acceptors (Lipinski definition) is 4. The van der Waals surface area contributed by atoms with E-state index in [0.717, 1.165) is 13.1 Å². The normalized spacial score (nSPS) is 27.4. The second-order valence-corrected chi connectivity index (χ2v) is 7.99. The van der Waals surface area contributed by atoms with Crippen LogP contribution in [-0.2, 0) is 10.2 Å². The minimum absolute atomic E-state index is 0.249. The third-order valence-corrected chi connectivity index (χ3v) is 5.53. The van der Waals surface area contributed by atoms with Crippen molar-refractivity contribution in [2.24, 2.45) is 0 Å². The molecule has 1 aliphatic rings. The lowest BCUT2D eigenvalue weighted by atomic mass is 10.1. The zero-order chi connectivity index (χ0) is 14.8. The summed E-state index contributed by atoms with van der Waals surface area (Å²) in [6.07, 6.45) is 0. The number of nitrogens with zero attached hydrogens (tertiary/aromatic N) is 4. The zero-order valence-electron chi connectivity index (χ0n) is 13.0. The molecule has 1 aliphatic heterocycles. The molecule has 0 radical (unpaired) electrons. The smallest absolute Gasteiger partial charge is 0.281 e. The van der Waals surface area contributed by atoms with E-state index in [-0.39, 0.29) is 12.1 Å². The molecule has 0 aromatic heterocycles. The molecule has 0 bridgehead atoms. The van der Waals surface area contributed by atoms with Gasteiger partial charge in [0.1, 0.15) is 0 Å². The minimum Gasteiger partial charge on any atom is -0.308 e. The molecule has 0 N–H and O–H groups in total. The Morgan fingerprint density at radius 2 is 1.53 bits per heavy atom. The summed E-state index contributed by atoms with van der Waals surface area (Å²) >= 11 is 0. The molecule has 114 valence electrons. The van der Waals surface area contributed by atoms with E-state index >= 15 is 0 Å². The first-order valence-corrected chi connectivity index (χ1v) is 8.14. The predicted octanol–water partition coefficient (Wildman–Crippen LogP) is -0.251. The van der Waals surface area contributed by atoms with Crippen molar-refractivity contribution in [2.45, 2.75) is 25.9 Å². The lowest BCUT2D eigenvalue weighted by Gasteiger charge is -2.44. The molecule has 1 fully saturated rings. The lowest BCUT2D eigenvalue weighted by molar-refractivity contribution is 0.0688. The second-order valence-electron chi connectivity index (χ2n) is 5.85. The van der Waals surface area contributed by atoms with E-state index in [9.17, 15) is 8.42 Å². The SMILES string of the molecule is CC1CN(S(=O)(=O)N(C)C)CC(C)N1CCN(C)C. The summed E-state index contributed by atoms with van der Waals surface area (Å²) in [5, 5.41) is 0. The van der Waals surface area contributed by atoms with Gasteiger partial charge in [0.25, 0.3) is 10.2 Å². The largest absolute Gasteiger partial charge is 0.308 e. The molecule has 19 heavy (non-hydrogen) atoms. The summed E-state index contributed by atoms with van der Waals surface area (Å²) in [4.78, 5) is 4.55. The highest BCUT2D eigenvalue weighted by Crippen LogP contribution is 2.19. The molecule has 1 rings (SSSR count). The number of likely N-dealkylation sites (N-methyl/N-ethyl adjacent to an activating group) is 1. The van der Waals surface area contributed by atoms with Gasteiger partial charge in [0, 0.05) is 52.4 Å². The van der Waals surface area contributed by atoms with Crippen LogP contribution in [0.2, 0.25) is 0 Å². The highest BCUT2D eigenvalue weighted by Gasteiger charge is 2.35. The fourth-order valence-electron chi connectivity index (χ4n) is 2.48. The van der Waals surface area contributed by atoms with Crippen molar-refractivity contribution in [3.8, 4) is 0 Å². The molecule has 0 saturated carbocycles. The maximum absolute atomic E-state index is 12.2. The van der Waals surface area contributed by atoms with Crippen molar-refractivity contribution < 1.29 is 8.42 Å². The minimum atomic E-state index is -3.29. The van der Waals surface area contributed by atoms with E-state index in [1.54, 1.807) is 18.4 Å². The fourth-order valence-corrected chi connectivity index (χ4v) is 3.75. The van der Waals surface area contributed by atoms with Crippen molar-refractivity contribution in [2.75, 3.05) is 54.4 Å². The van der Waals surface area contributed by atoms with E-state index < -0.39 is 10.2 Å². The average Bonchev–Trinajstić information content (AvgIpc) is 2.26. The van der Waals surface area contributed by atoms with Gasteiger partial charge >= 0.3 is 0 Å². The van der Waals surface area contributed by atoms with Crippen LogP contribution in [0, 0.1) is 0 Å². The Balaban J connectivity index is 2.71. The van der Waals surface area contributed by atoms with Crippen LogP contribution < -0.4 is 0 Å². The van der Waals surface area contributed by atoms with Crippen LogP contribution >= 0.6 is 0 Å². The van der Waals surface area contributed by atoms with Crippen LogP contribution in [0.1, 0.15) is 13.8 Å². The Hall–Kier alpha value is -0.210. The molecule has 0 amide bonds. The first-order valence-electron chi connectivity index (χ1n) is 6.74. The van der Waals surface area contributed by atoms with E-state index in [2.05, 4.69) is 37.7 Å². The first kappa shape index (κ1) is 16.8. The second kappa shape index (κ2) is 6.49. The molecule has 2 unspecified atom stereocenters. The van der Waals surface area contributed by atoms with Crippen molar-refractivity contribution in [1.29, 1.82) is 0 Å². The van der Waals surface area contributed by atoms with Gasteiger partial charge in [-0.05, 0) is 27.9 Å². The highest BCUT2D eigenvalue weighted by atomic mass is 32.2. The standard InChI is InChI=1S/C12H28N4O2S/c1-11-9-15(19(17,18)14(5)6)10-12(2)16(11)8-7-13(3)4/h11-12H,7-10H2,1-6H3. The quantitative estimate of drug-likeness (QED) is 0.701. The Morgan fingerprint density at radius 3 is 1.89 bits per heavy atom. The van der Waals surface area contributed by atoms with Gasteiger partial charge in [-0.15, -0.1) is 0 Å². The van der Waals surface area contributed by atoms with Gasteiger partial charge in [0.05, 0.1) is 0 Å². The summed E-state index contributed by atoms with van der Waals surface area (Å²) in [7, 11) is 4.00. The van der Waals surface area contributed by atoms with Gasteiger partial charge in [0.2, 0.25) is 0 Å². The van der Waals surface area contributed by atoms with E-state index in [1.807, 2.05) is 0 Å². The molecule has 1 heterocycles. The third-order valence-electron chi connectivity index (χ3n) is 3.66. The van der Waals surface area contributed by atoms with E-state index in [1.165, 1.54) is 4.31 Å². The first-order chi connectivity index (χ1) is 8.66. The zero-order valence-corrected chi connectivity index (χ0v) is 13.8. The molecular weight excluding hydrogens is 264 g/mol. The summed E-state index contributed by atoms with van der Waals surface area (Å²) in [6, 6.07) is 0.497. The maximum Gasteiger partial charge on any atom is 0.281 e. The van der Waals surface area contributed by atoms with Crippen LogP contribution in [0.25, 0.3) is 0 Å². The van der Waals surface area contributed by atoms with Gasteiger partial charge in [-0.25, -0.2) is 0 Å². The van der Waals surface area contributed by atoms with Crippen molar-refractivity contribution in [1.82, 2.24) is 18.4 Å². The summed E-state index contributed by atoms with van der Waals surface area (Å²) in [5.74, 6) is 0. The van der Waals surface area contributed by atoms with Gasteiger partial charge in [-0.1, -0.05) is 0 Å². The topological polar surface area (TPSA) is 47.1 Å². The van der Waals surface area contributed by atoms with Crippen molar-refractivity contribution in [3.05, 3.63) is 0 Å². The molecule has 0 aliphatic carbocycles. The molecular formula is C12H28N4O2S. The Kier molecular flexibility index (Phi) is 5.76. The molecule has 2 atom stereocenters. The molecule has 7 heteroatoms. The monoisotopic (exact) mass is 292 g/mol. The van der Waals surface area contributed by atoms with E-state index in [0.29, 0.717) is 13.1 Å². The Morgan fingerprint density at radius 1 is 1.05 bits per heavy atom. The van der Waals surface area contributed by atoms with Gasteiger partial charge < -0.3 is 4.90 Å². The van der Waals surface area contributed by atoms with E-state index in [4.69, 9.17) is 0 Å². The molecule has 0 aromatic rings. The molecule has 0 aromatic carbocycles. The number of hydrogen-bond donors (Lipinski definition) is 0.